The summed E-state index contributed by atoms with van der Waals surface area (Å²) >= 11 is 0. The Balaban J connectivity index is 2.65. The van der Waals surface area contributed by atoms with Crippen LogP contribution in [-0.2, 0) is 14.2 Å². The molecule has 0 saturated carbocycles. The Labute approximate surface area is 62.3 Å². The van der Waals surface area contributed by atoms with Crippen molar-refractivity contribution in [2.75, 3.05) is 40.1 Å². The van der Waals surface area contributed by atoms with E-state index in [1.54, 1.807) is 7.11 Å². The van der Waals surface area contributed by atoms with Crippen molar-refractivity contribution in [3.8, 4) is 0 Å². The number of methoxy groups -OCH3 is 1. The summed E-state index contributed by atoms with van der Waals surface area (Å²) in [6.45, 7) is 6.55. The van der Waals surface area contributed by atoms with Crippen LogP contribution in [0.1, 0.15) is 0 Å². The Hall–Kier alpha value is -0.120. The fourth-order valence-corrected chi connectivity index (χ4v) is 0.464. The van der Waals surface area contributed by atoms with E-state index in [4.69, 9.17) is 14.2 Å². The van der Waals surface area contributed by atoms with Crippen molar-refractivity contribution >= 4 is 0 Å². The normalized spacial score (nSPS) is 10.2. The van der Waals surface area contributed by atoms with Crippen LogP contribution in [-0.4, -0.2) is 40.1 Å². The largest absolute Gasteiger partial charge is 0.382 e. The minimum absolute atomic E-state index is 0.508. The molecule has 0 fully saturated rings. The van der Waals surface area contributed by atoms with E-state index in [1.807, 2.05) is 0 Å². The summed E-state index contributed by atoms with van der Waals surface area (Å²) in [5.41, 5.74) is 0. The summed E-state index contributed by atoms with van der Waals surface area (Å²) in [7, 11) is 1.65. The van der Waals surface area contributed by atoms with E-state index in [0.29, 0.717) is 33.0 Å². The average molecular weight is 147 g/mol. The fraction of sp³-hybridized carbons (Fsp3) is 0.857. The molecular formula is C7H15O3. The van der Waals surface area contributed by atoms with E-state index in [0.717, 1.165) is 0 Å². The van der Waals surface area contributed by atoms with Gasteiger partial charge < -0.3 is 14.2 Å². The van der Waals surface area contributed by atoms with E-state index in [1.165, 1.54) is 0 Å². The molecule has 0 unspecified atom stereocenters. The molecule has 0 aromatic heterocycles. The van der Waals surface area contributed by atoms with Gasteiger partial charge in [-0.15, -0.1) is 0 Å². The second-order valence-electron chi connectivity index (χ2n) is 1.72. The van der Waals surface area contributed by atoms with Crippen LogP contribution in [0.25, 0.3) is 0 Å². The second-order valence-corrected chi connectivity index (χ2v) is 1.72. The fourth-order valence-electron chi connectivity index (χ4n) is 0.464. The monoisotopic (exact) mass is 147 g/mol. The Bertz CT molecular complexity index is 48.8. The van der Waals surface area contributed by atoms with Gasteiger partial charge in [0.25, 0.3) is 0 Å². The van der Waals surface area contributed by atoms with Crippen molar-refractivity contribution in [3.63, 3.8) is 0 Å². The van der Waals surface area contributed by atoms with E-state index in [-0.39, 0.29) is 0 Å². The van der Waals surface area contributed by atoms with Crippen LogP contribution < -0.4 is 0 Å². The van der Waals surface area contributed by atoms with E-state index < -0.39 is 0 Å². The van der Waals surface area contributed by atoms with Crippen molar-refractivity contribution in [1.82, 2.24) is 0 Å². The third-order valence-corrected chi connectivity index (χ3v) is 0.948. The number of hydrogen-bond donors (Lipinski definition) is 0. The highest BCUT2D eigenvalue weighted by atomic mass is 16.5. The van der Waals surface area contributed by atoms with Crippen molar-refractivity contribution in [2.24, 2.45) is 0 Å². The SMILES string of the molecule is [CH2]COCCOCCOC. The zero-order valence-electron chi connectivity index (χ0n) is 6.47. The van der Waals surface area contributed by atoms with Gasteiger partial charge in [-0.3, -0.25) is 0 Å². The van der Waals surface area contributed by atoms with Gasteiger partial charge in [0.05, 0.1) is 26.4 Å². The number of ether oxygens (including phenoxy) is 3. The molecule has 0 aromatic rings. The van der Waals surface area contributed by atoms with E-state index in [9.17, 15) is 0 Å². The van der Waals surface area contributed by atoms with Crippen LogP contribution >= 0.6 is 0 Å². The van der Waals surface area contributed by atoms with Crippen molar-refractivity contribution in [3.05, 3.63) is 6.92 Å². The van der Waals surface area contributed by atoms with Gasteiger partial charge in [-0.25, -0.2) is 0 Å². The number of rotatable bonds is 7. The highest BCUT2D eigenvalue weighted by Gasteiger charge is 1.86. The molecule has 0 aliphatic rings. The van der Waals surface area contributed by atoms with Gasteiger partial charge in [-0.2, -0.15) is 0 Å². The third-order valence-electron chi connectivity index (χ3n) is 0.948. The molecule has 10 heavy (non-hydrogen) atoms. The molecule has 0 saturated heterocycles. The molecule has 1 radical (unpaired) electrons. The number of hydrogen-bond acceptors (Lipinski definition) is 3. The minimum atomic E-state index is 0.508. The first-order valence-corrected chi connectivity index (χ1v) is 3.35. The molecule has 0 aliphatic carbocycles. The summed E-state index contributed by atoms with van der Waals surface area (Å²) in [6, 6.07) is 0. The van der Waals surface area contributed by atoms with Gasteiger partial charge in [0.2, 0.25) is 0 Å². The van der Waals surface area contributed by atoms with Gasteiger partial charge in [0.1, 0.15) is 0 Å². The van der Waals surface area contributed by atoms with Crippen LogP contribution in [0.4, 0.5) is 0 Å². The molecule has 0 amide bonds. The van der Waals surface area contributed by atoms with Crippen molar-refractivity contribution in [2.45, 2.75) is 0 Å². The Morgan fingerprint density at radius 2 is 1.60 bits per heavy atom. The molecule has 61 valence electrons. The van der Waals surface area contributed by atoms with Crippen LogP contribution in [0.15, 0.2) is 0 Å². The highest BCUT2D eigenvalue weighted by molar-refractivity contribution is 4.33. The lowest BCUT2D eigenvalue weighted by molar-refractivity contribution is 0.0311. The van der Waals surface area contributed by atoms with Gasteiger partial charge >= 0.3 is 0 Å². The molecule has 0 aromatic carbocycles. The Morgan fingerprint density at radius 1 is 1.00 bits per heavy atom. The zero-order chi connectivity index (χ0) is 7.66. The first-order valence-electron chi connectivity index (χ1n) is 3.35. The predicted octanol–water partition coefficient (Wildman–Crippen LogP) is 0.500. The zero-order valence-corrected chi connectivity index (χ0v) is 6.47. The van der Waals surface area contributed by atoms with Crippen LogP contribution in [0, 0.1) is 6.92 Å². The molecular weight excluding hydrogens is 132 g/mol. The third kappa shape index (κ3) is 7.88. The minimum Gasteiger partial charge on any atom is -0.382 e. The van der Waals surface area contributed by atoms with Crippen LogP contribution in [0.3, 0.4) is 0 Å². The summed E-state index contributed by atoms with van der Waals surface area (Å²) in [5, 5.41) is 0. The molecule has 0 bridgehead atoms. The molecule has 0 spiro atoms. The first-order chi connectivity index (χ1) is 4.91. The second kappa shape index (κ2) is 8.88. The summed E-state index contributed by atoms with van der Waals surface area (Å²) in [5.74, 6) is 0. The van der Waals surface area contributed by atoms with Gasteiger partial charge in [0.15, 0.2) is 0 Å². The van der Waals surface area contributed by atoms with Gasteiger partial charge in [-0.05, 0) is 6.92 Å². The maximum absolute atomic E-state index is 5.10. The summed E-state index contributed by atoms with van der Waals surface area (Å²) in [6.07, 6.45) is 0. The van der Waals surface area contributed by atoms with E-state index >= 15 is 0 Å². The molecule has 0 aliphatic heterocycles. The topological polar surface area (TPSA) is 27.7 Å². The van der Waals surface area contributed by atoms with Crippen LogP contribution in [0.5, 0.6) is 0 Å². The molecule has 3 nitrogen and oxygen atoms in total. The standard InChI is InChI=1S/C7H15O3/c1-3-9-6-7-10-5-4-8-2/h1,3-7H2,2H3. The maximum atomic E-state index is 5.10. The summed E-state index contributed by atoms with van der Waals surface area (Å²) < 4.78 is 14.8. The molecule has 3 heteroatoms. The predicted molar refractivity (Wildman–Crippen MR) is 38.9 cm³/mol. The lowest BCUT2D eigenvalue weighted by Crippen LogP contribution is -2.07. The lowest BCUT2D eigenvalue weighted by atomic mass is 10.7. The molecule has 0 heterocycles. The maximum Gasteiger partial charge on any atom is 0.0701 e. The lowest BCUT2D eigenvalue weighted by Gasteiger charge is -2.02. The molecule has 0 atom stereocenters. The molecule has 0 rings (SSSR count). The smallest absolute Gasteiger partial charge is 0.0701 e. The average Bonchev–Trinajstić information content (AvgIpc) is 1.97. The summed E-state index contributed by atoms with van der Waals surface area (Å²) in [4.78, 5) is 0. The van der Waals surface area contributed by atoms with Gasteiger partial charge in [-0.1, -0.05) is 0 Å². The van der Waals surface area contributed by atoms with Crippen LogP contribution in [0.2, 0.25) is 0 Å². The van der Waals surface area contributed by atoms with E-state index in [2.05, 4.69) is 6.92 Å². The van der Waals surface area contributed by atoms with Crippen molar-refractivity contribution < 1.29 is 14.2 Å². The first kappa shape index (κ1) is 9.88. The Morgan fingerprint density at radius 3 is 2.20 bits per heavy atom. The highest BCUT2D eigenvalue weighted by Crippen LogP contribution is 1.77. The molecule has 0 N–H and O–H groups in total. The quantitative estimate of drug-likeness (QED) is 0.491. The Kier molecular flexibility index (Phi) is 8.77. The van der Waals surface area contributed by atoms with Gasteiger partial charge in [0, 0.05) is 13.7 Å². The van der Waals surface area contributed by atoms with Crippen molar-refractivity contribution in [1.29, 1.82) is 0 Å².